The number of nitrogens with zero attached hydrogens (tertiary/aromatic N) is 2. The van der Waals surface area contributed by atoms with Crippen LogP contribution in [0.2, 0.25) is 0 Å². The molecule has 108 valence electrons. The van der Waals surface area contributed by atoms with Crippen molar-refractivity contribution in [3.63, 3.8) is 0 Å². The third-order valence-corrected chi connectivity index (χ3v) is 3.74. The lowest BCUT2D eigenvalue weighted by molar-refractivity contribution is -0.117. The number of aromatic nitrogens is 2. The van der Waals surface area contributed by atoms with Crippen molar-refractivity contribution < 1.29 is 4.79 Å². The van der Waals surface area contributed by atoms with E-state index >= 15 is 0 Å². The molecule has 1 aliphatic heterocycles. The van der Waals surface area contributed by atoms with E-state index in [1.807, 2.05) is 13.1 Å². The molecule has 0 aliphatic carbocycles. The SMILES string of the molecule is CC(CC(=O)Nc1ccnn1C)C1CCCNC1.Cl. The van der Waals surface area contributed by atoms with Gasteiger partial charge in [0.1, 0.15) is 5.82 Å². The molecule has 5 nitrogen and oxygen atoms in total. The molecule has 1 aromatic rings. The van der Waals surface area contributed by atoms with Crippen molar-refractivity contribution in [2.45, 2.75) is 26.2 Å². The lowest BCUT2D eigenvalue weighted by atomic mass is 9.85. The molecule has 0 spiro atoms. The van der Waals surface area contributed by atoms with Crippen LogP contribution in [0.15, 0.2) is 12.3 Å². The van der Waals surface area contributed by atoms with Crippen LogP contribution in [0.25, 0.3) is 0 Å². The van der Waals surface area contributed by atoms with Crippen molar-refractivity contribution in [3.05, 3.63) is 12.3 Å². The van der Waals surface area contributed by atoms with Gasteiger partial charge in [0.25, 0.3) is 0 Å². The first-order valence-electron chi connectivity index (χ1n) is 6.65. The number of halogens is 1. The van der Waals surface area contributed by atoms with Gasteiger partial charge in [0.05, 0.1) is 6.20 Å². The van der Waals surface area contributed by atoms with E-state index in [1.165, 1.54) is 12.8 Å². The van der Waals surface area contributed by atoms with Crippen LogP contribution in [0, 0.1) is 11.8 Å². The Morgan fingerprint density at radius 1 is 1.68 bits per heavy atom. The topological polar surface area (TPSA) is 59.0 Å². The van der Waals surface area contributed by atoms with E-state index in [-0.39, 0.29) is 18.3 Å². The normalized spacial score (nSPS) is 20.4. The van der Waals surface area contributed by atoms with Gasteiger partial charge in [-0.3, -0.25) is 9.48 Å². The quantitative estimate of drug-likeness (QED) is 0.887. The minimum absolute atomic E-state index is 0. The zero-order chi connectivity index (χ0) is 13.0. The molecule has 2 heterocycles. The Bertz CT molecular complexity index is 401. The molecular formula is C13H23ClN4O. The summed E-state index contributed by atoms with van der Waals surface area (Å²) in [5, 5.41) is 10.3. The van der Waals surface area contributed by atoms with E-state index in [2.05, 4.69) is 22.7 Å². The van der Waals surface area contributed by atoms with Gasteiger partial charge >= 0.3 is 0 Å². The highest BCUT2D eigenvalue weighted by Gasteiger charge is 2.22. The zero-order valence-electron chi connectivity index (χ0n) is 11.6. The number of carbonyl (C=O) groups excluding carboxylic acids is 1. The van der Waals surface area contributed by atoms with Gasteiger partial charge in [-0.2, -0.15) is 5.10 Å². The van der Waals surface area contributed by atoms with Crippen molar-refractivity contribution in [3.8, 4) is 0 Å². The second kappa shape index (κ2) is 7.50. The van der Waals surface area contributed by atoms with Crippen molar-refractivity contribution in [1.29, 1.82) is 0 Å². The number of anilines is 1. The second-order valence-corrected chi connectivity index (χ2v) is 5.18. The summed E-state index contributed by atoms with van der Waals surface area (Å²) in [5.41, 5.74) is 0. The standard InChI is InChI=1S/C13H22N4O.ClH/c1-10(11-4-3-6-14-9-11)8-13(18)16-12-5-7-15-17(12)2;/h5,7,10-11,14H,3-4,6,8-9H2,1-2H3,(H,16,18);1H. The van der Waals surface area contributed by atoms with Crippen LogP contribution in [0.4, 0.5) is 5.82 Å². The first kappa shape index (κ1) is 16.0. The van der Waals surface area contributed by atoms with E-state index < -0.39 is 0 Å². The number of aryl methyl sites for hydroxylation is 1. The molecular weight excluding hydrogens is 264 g/mol. The van der Waals surface area contributed by atoms with Crippen LogP contribution in [-0.2, 0) is 11.8 Å². The molecule has 0 saturated carbocycles. The summed E-state index contributed by atoms with van der Waals surface area (Å²) in [6, 6.07) is 1.81. The maximum absolute atomic E-state index is 11.9. The summed E-state index contributed by atoms with van der Waals surface area (Å²) in [7, 11) is 1.82. The third-order valence-electron chi connectivity index (χ3n) is 3.74. The van der Waals surface area contributed by atoms with Gasteiger partial charge in [-0.05, 0) is 37.8 Å². The van der Waals surface area contributed by atoms with E-state index in [1.54, 1.807) is 10.9 Å². The van der Waals surface area contributed by atoms with Crippen LogP contribution >= 0.6 is 12.4 Å². The summed E-state index contributed by atoms with van der Waals surface area (Å²) in [5.74, 6) is 1.88. The lowest BCUT2D eigenvalue weighted by Crippen LogP contribution is -2.34. The Hall–Kier alpha value is -1.07. The molecule has 2 N–H and O–H groups in total. The van der Waals surface area contributed by atoms with Gasteiger partial charge in [0.2, 0.25) is 5.91 Å². The molecule has 6 heteroatoms. The summed E-state index contributed by atoms with van der Waals surface area (Å²) in [4.78, 5) is 11.9. The van der Waals surface area contributed by atoms with Crippen molar-refractivity contribution in [2.24, 2.45) is 18.9 Å². The van der Waals surface area contributed by atoms with Crippen LogP contribution in [-0.4, -0.2) is 28.8 Å². The molecule has 2 unspecified atom stereocenters. The van der Waals surface area contributed by atoms with Crippen molar-refractivity contribution in [2.75, 3.05) is 18.4 Å². The highest BCUT2D eigenvalue weighted by Crippen LogP contribution is 2.22. The van der Waals surface area contributed by atoms with Gasteiger partial charge in [0, 0.05) is 19.5 Å². The average Bonchev–Trinajstić information content (AvgIpc) is 2.76. The van der Waals surface area contributed by atoms with Crippen LogP contribution in [0.3, 0.4) is 0 Å². The zero-order valence-corrected chi connectivity index (χ0v) is 12.4. The molecule has 1 fully saturated rings. The van der Waals surface area contributed by atoms with E-state index in [0.717, 1.165) is 18.9 Å². The first-order valence-corrected chi connectivity index (χ1v) is 6.65. The Morgan fingerprint density at radius 2 is 2.47 bits per heavy atom. The fraction of sp³-hybridized carbons (Fsp3) is 0.692. The number of rotatable bonds is 4. The Morgan fingerprint density at radius 3 is 3.05 bits per heavy atom. The molecule has 1 aliphatic rings. The third kappa shape index (κ3) is 4.51. The maximum Gasteiger partial charge on any atom is 0.225 e. The first-order chi connectivity index (χ1) is 8.66. The number of hydrogen-bond acceptors (Lipinski definition) is 3. The molecule has 2 atom stereocenters. The Labute approximate surface area is 120 Å². The Balaban J connectivity index is 0.00000180. The highest BCUT2D eigenvalue weighted by atomic mass is 35.5. The number of carbonyl (C=O) groups is 1. The maximum atomic E-state index is 11.9. The molecule has 19 heavy (non-hydrogen) atoms. The second-order valence-electron chi connectivity index (χ2n) is 5.18. The van der Waals surface area contributed by atoms with E-state index in [0.29, 0.717) is 18.3 Å². The summed E-state index contributed by atoms with van der Waals surface area (Å²) in [6.45, 7) is 4.32. The van der Waals surface area contributed by atoms with Gasteiger partial charge in [-0.25, -0.2) is 0 Å². The van der Waals surface area contributed by atoms with Crippen molar-refractivity contribution >= 4 is 24.1 Å². The monoisotopic (exact) mass is 286 g/mol. The molecule has 0 bridgehead atoms. The van der Waals surface area contributed by atoms with Gasteiger partial charge in [0.15, 0.2) is 0 Å². The predicted molar refractivity (Wildman–Crippen MR) is 78.5 cm³/mol. The van der Waals surface area contributed by atoms with Gasteiger partial charge in [-0.15, -0.1) is 12.4 Å². The largest absolute Gasteiger partial charge is 0.316 e. The van der Waals surface area contributed by atoms with Crippen LogP contribution in [0.1, 0.15) is 26.2 Å². The molecule has 1 saturated heterocycles. The van der Waals surface area contributed by atoms with E-state index in [4.69, 9.17) is 0 Å². The predicted octanol–water partition coefficient (Wildman–Crippen LogP) is 1.81. The number of hydrogen-bond donors (Lipinski definition) is 2. The molecule has 2 rings (SSSR count). The van der Waals surface area contributed by atoms with Gasteiger partial charge in [-0.1, -0.05) is 6.92 Å². The summed E-state index contributed by atoms with van der Waals surface area (Å²) < 4.78 is 1.67. The smallest absolute Gasteiger partial charge is 0.225 e. The number of piperidine rings is 1. The summed E-state index contributed by atoms with van der Waals surface area (Å²) in [6.07, 6.45) is 4.72. The summed E-state index contributed by atoms with van der Waals surface area (Å²) >= 11 is 0. The van der Waals surface area contributed by atoms with Crippen LogP contribution in [0.5, 0.6) is 0 Å². The average molecular weight is 287 g/mol. The highest BCUT2D eigenvalue weighted by molar-refractivity contribution is 5.89. The van der Waals surface area contributed by atoms with Gasteiger partial charge < -0.3 is 10.6 Å². The molecule has 0 radical (unpaired) electrons. The van der Waals surface area contributed by atoms with Crippen molar-refractivity contribution in [1.82, 2.24) is 15.1 Å². The minimum Gasteiger partial charge on any atom is -0.316 e. The molecule has 1 aromatic heterocycles. The number of nitrogens with one attached hydrogen (secondary N) is 2. The fourth-order valence-corrected chi connectivity index (χ4v) is 2.51. The fourth-order valence-electron chi connectivity index (χ4n) is 2.51. The van der Waals surface area contributed by atoms with E-state index in [9.17, 15) is 4.79 Å². The lowest BCUT2D eigenvalue weighted by Gasteiger charge is -2.27. The number of amides is 1. The molecule has 0 aromatic carbocycles. The molecule has 1 amide bonds. The van der Waals surface area contributed by atoms with Crippen LogP contribution < -0.4 is 10.6 Å². The minimum atomic E-state index is 0. The Kier molecular flexibility index (Phi) is 6.31.